The Hall–Kier alpha value is -1.88. The predicted molar refractivity (Wildman–Crippen MR) is 69.2 cm³/mol. The number of nitrogens with two attached hydrogens (primary N) is 1. The van der Waals surface area contributed by atoms with Crippen molar-refractivity contribution in [1.82, 2.24) is 5.32 Å². The molecule has 1 aliphatic heterocycles. The molecular formula is C13H17N3O2. The molecule has 0 saturated carbocycles. The minimum atomic E-state index is -0.337. The highest BCUT2D eigenvalue weighted by Gasteiger charge is 2.24. The van der Waals surface area contributed by atoms with Crippen molar-refractivity contribution in [3.63, 3.8) is 0 Å². The average molecular weight is 247 g/mol. The summed E-state index contributed by atoms with van der Waals surface area (Å²) in [4.78, 5) is 24.5. The molecule has 2 amide bonds. The van der Waals surface area contributed by atoms with E-state index in [0.717, 1.165) is 16.8 Å². The van der Waals surface area contributed by atoms with Gasteiger partial charge in [0.1, 0.15) is 0 Å². The Morgan fingerprint density at radius 1 is 1.56 bits per heavy atom. The van der Waals surface area contributed by atoms with Gasteiger partial charge < -0.3 is 16.0 Å². The van der Waals surface area contributed by atoms with E-state index >= 15 is 0 Å². The fourth-order valence-electron chi connectivity index (χ4n) is 2.14. The van der Waals surface area contributed by atoms with Gasteiger partial charge in [-0.15, -0.1) is 0 Å². The standard InChI is InChI=1S/C13H17N3O2/c1-15-12(17)7-10(14)8-3-4-11-9(5-8)6-13(18)16(11)2/h3-5,10H,6-7,14H2,1-2H3,(H,15,17). The van der Waals surface area contributed by atoms with Crippen LogP contribution in [0.15, 0.2) is 18.2 Å². The molecule has 0 aliphatic carbocycles. The van der Waals surface area contributed by atoms with E-state index in [2.05, 4.69) is 5.32 Å². The van der Waals surface area contributed by atoms with Crippen molar-refractivity contribution in [2.75, 3.05) is 19.0 Å². The van der Waals surface area contributed by atoms with Gasteiger partial charge in [0.25, 0.3) is 0 Å². The number of hydrogen-bond acceptors (Lipinski definition) is 3. The van der Waals surface area contributed by atoms with Gasteiger partial charge in [0.05, 0.1) is 6.42 Å². The van der Waals surface area contributed by atoms with Crippen LogP contribution in [0.4, 0.5) is 5.69 Å². The van der Waals surface area contributed by atoms with Gasteiger partial charge >= 0.3 is 0 Å². The lowest BCUT2D eigenvalue weighted by Crippen LogP contribution is -2.24. The zero-order valence-corrected chi connectivity index (χ0v) is 10.6. The van der Waals surface area contributed by atoms with Crippen LogP contribution in [-0.4, -0.2) is 25.9 Å². The van der Waals surface area contributed by atoms with Gasteiger partial charge in [0.2, 0.25) is 11.8 Å². The van der Waals surface area contributed by atoms with Crippen molar-refractivity contribution >= 4 is 17.5 Å². The molecule has 0 fully saturated rings. The second-order valence-electron chi connectivity index (χ2n) is 4.50. The largest absolute Gasteiger partial charge is 0.359 e. The van der Waals surface area contributed by atoms with Gasteiger partial charge in [-0.3, -0.25) is 9.59 Å². The lowest BCUT2D eigenvalue weighted by Gasteiger charge is -2.14. The van der Waals surface area contributed by atoms with Crippen molar-refractivity contribution in [3.05, 3.63) is 29.3 Å². The van der Waals surface area contributed by atoms with E-state index in [1.54, 1.807) is 19.0 Å². The van der Waals surface area contributed by atoms with Crippen LogP contribution in [0.3, 0.4) is 0 Å². The molecule has 1 aliphatic rings. The molecule has 1 unspecified atom stereocenters. The van der Waals surface area contributed by atoms with Crippen LogP contribution in [0.2, 0.25) is 0 Å². The third kappa shape index (κ3) is 2.22. The Morgan fingerprint density at radius 3 is 2.94 bits per heavy atom. The van der Waals surface area contributed by atoms with Crippen LogP contribution >= 0.6 is 0 Å². The predicted octanol–water partition coefficient (Wildman–Crippen LogP) is 0.341. The van der Waals surface area contributed by atoms with Crippen LogP contribution in [0, 0.1) is 0 Å². The topological polar surface area (TPSA) is 75.4 Å². The van der Waals surface area contributed by atoms with Crippen LogP contribution in [0.5, 0.6) is 0 Å². The maximum atomic E-state index is 11.6. The van der Waals surface area contributed by atoms with E-state index in [-0.39, 0.29) is 24.3 Å². The fraction of sp³-hybridized carbons (Fsp3) is 0.385. The molecular weight excluding hydrogens is 230 g/mol. The number of likely N-dealkylation sites (N-methyl/N-ethyl adjacent to an activating group) is 1. The SMILES string of the molecule is CNC(=O)CC(N)c1ccc2c(c1)CC(=O)N2C. The number of rotatable bonds is 3. The fourth-order valence-corrected chi connectivity index (χ4v) is 2.14. The van der Waals surface area contributed by atoms with Crippen molar-refractivity contribution in [2.24, 2.45) is 5.73 Å². The van der Waals surface area contributed by atoms with Crippen LogP contribution < -0.4 is 16.0 Å². The van der Waals surface area contributed by atoms with Crippen molar-refractivity contribution in [2.45, 2.75) is 18.9 Å². The normalized spacial score (nSPS) is 15.5. The minimum Gasteiger partial charge on any atom is -0.359 e. The average Bonchev–Trinajstić information content (AvgIpc) is 2.64. The maximum Gasteiger partial charge on any atom is 0.231 e. The molecule has 0 spiro atoms. The van der Waals surface area contributed by atoms with Gasteiger partial charge in [-0.1, -0.05) is 12.1 Å². The zero-order chi connectivity index (χ0) is 13.3. The number of amides is 2. The molecule has 18 heavy (non-hydrogen) atoms. The van der Waals surface area contributed by atoms with E-state index < -0.39 is 0 Å². The number of fused-ring (bicyclic) bond motifs is 1. The quantitative estimate of drug-likeness (QED) is 0.808. The summed E-state index contributed by atoms with van der Waals surface area (Å²) in [5.41, 5.74) is 8.77. The minimum absolute atomic E-state index is 0.0852. The molecule has 5 heteroatoms. The zero-order valence-electron chi connectivity index (χ0n) is 10.6. The van der Waals surface area contributed by atoms with Gasteiger partial charge in [0.15, 0.2) is 0 Å². The highest BCUT2D eigenvalue weighted by molar-refractivity contribution is 6.00. The second kappa shape index (κ2) is 4.78. The third-order valence-corrected chi connectivity index (χ3v) is 3.29. The second-order valence-corrected chi connectivity index (χ2v) is 4.50. The molecule has 0 bridgehead atoms. The number of benzene rings is 1. The number of carbonyl (C=O) groups excluding carboxylic acids is 2. The molecule has 0 saturated heterocycles. The lowest BCUT2D eigenvalue weighted by atomic mass is 10.0. The van der Waals surface area contributed by atoms with Crippen molar-refractivity contribution in [1.29, 1.82) is 0 Å². The highest BCUT2D eigenvalue weighted by atomic mass is 16.2. The van der Waals surface area contributed by atoms with E-state index in [1.165, 1.54) is 0 Å². The molecule has 2 rings (SSSR count). The summed E-state index contributed by atoms with van der Waals surface area (Å²) in [7, 11) is 3.35. The van der Waals surface area contributed by atoms with Gasteiger partial charge in [-0.05, 0) is 17.2 Å². The van der Waals surface area contributed by atoms with Crippen LogP contribution in [-0.2, 0) is 16.0 Å². The Balaban J connectivity index is 2.20. The van der Waals surface area contributed by atoms with Crippen LogP contribution in [0.1, 0.15) is 23.6 Å². The van der Waals surface area contributed by atoms with E-state index in [9.17, 15) is 9.59 Å². The van der Waals surface area contributed by atoms with E-state index in [4.69, 9.17) is 5.73 Å². The van der Waals surface area contributed by atoms with Crippen LogP contribution in [0.25, 0.3) is 0 Å². The smallest absolute Gasteiger partial charge is 0.231 e. The first kappa shape index (κ1) is 12.6. The summed E-state index contributed by atoms with van der Waals surface area (Å²) < 4.78 is 0. The van der Waals surface area contributed by atoms with E-state index in [0.29, 0.717) is 6.42 Å². The van der Waals surface area contributed by atoms with Crippen molar-refractivity contribution in [3.8, 4) is 0 Å². The summed E-state index contributed by atoms with van der Waals surface area (Å²) in [6, 6.07) is 5.35. The third-order valence-electron chi connectivity index (χ3n) is 3.29. The number of nitrogens with one attached hydrogen (secondary N) is 1. The monoisotopic (exact) mass is 247 g/mol. The summed E-state index contributed by atoms with van der Waals surface area (Å²) in [5.74, 6) is -0.00165. The molecule has 1 heterocycles. The molecule has 1 aromatic rings. The molecule has 1 atom stereocenters. The first-order chi connectivity index (χ1) is 8.52. The number of nitrogens with zero attached hydrogens (tertiary/aromatic N) is 1. The van der Waals surface area contributed by atoms with Gasteiger partial charge in [-0.25, -0.2) is 0 Å². The maximum absolute atomic E-state index is 11.6. The highest BCUT2D eigenvalue weighted by Crippen LogP contribution is 2.30. The van der Waals surface area contributed by atoms with Gasteiger partial charge in [-0.2, -0.15) is 0 Å². The number of carbonyl (C=O) groups is 2. The summed E-state index contributed by atoms with van der Waals surface area (Å²) >= 11 is 0. The lowest BCUT2D eigenvalue weighted by molar-refractivity contribution is -0.121. The number of anilines is 1. The summed E-state index contributed by atoms with van der Waals surface area (Å²) in [5, 5.41) is 2.55. The van der Waals surface area contributed by atoms with E-state index in [1.807, 2.05) is 18.2 Å². The molecule has 3 N–H and O–H groups in total. The molecule has 0 aromatic heterocycles. The summed E-state index contributed by atoms with van der Waals surface area (Å²) in [6.07, 6.45) is 0.658. The first-order valence-electron chi connectivity index (χ1n) is 5.88. The Morgan fingerprint density at radius 2 is 2.28 bits per heavy atom. The molecule has 1 aromatic carbocycles. The number of hydrogen-bond donors (Lipinski definition) is 2. The first-order valence-corrected chi connectivity index (χ1v) is 5.88. The Labute approximate surface area is 106 Å². The summed E-state index contributed by atoms with van der Waals surface area (Å²) in [6.45, 7) is 0. The Kier molecular flexibility index (Phi) is 3.34. The Bertz CT molecular complexity index is 499. The van der Waals surface area contributed by atoms with Crippen molar-refractivity contribution < 1.29 is 9.59 Å². The molecule has 0 radical (unpaired) electrons. The molecule has 5 nitrogen and oxygen atoms in total. The van der Waals surface area contributed by atoms with Gasteiger partial charge in [0, 0.05) is 32.2 Å². The molecule has 96 valence electrons.